The number of aromatic nitrogens is 5. The van der Waals surface area contributed by atoms with Crippen LogP contribution >= 0.6 is 0 Å². The van der Waals surface area contributed by atoms with Gasteiger partial charge in [0, 0.05) is 30.4 Å². The molecule has 12 heteroatoms. The van der Waals surface area contributed by atoms with Crippen LogP contribution in [0, 0.1) is 6.92 Å². The molecule has 4 aromatic rings. The van der Waals surface area contributed by atoms with Crippen LogP contribution in [0.1, 0.15) is 27.3 Å². The molecule has 1 amide bonds. The maximum Gasteiger partial charge on any atom is 0.435 e. The molecule has 0 unspecified atom stereocenters. The van der Waals surface area contributed by atoms with Crippen LogP contribution in [0.4, 0.5) is 24.9 Å². The number of nitrogens with two attached hydrogens (primary N) is 1. The van der Waals surface area contributed by atoms with E-state index in [2.05, 4.69) is 25.1 Å². The molecule has 0 saturated carbocycles. The van der Waals surface area contributed by atoms with Gasteiger partial charge in [0.05, 0.1) is 17.8 Å². The molecule has 174 valence electrons. The van der Waals surface area contributed by atoms with E-state index in [0.717, 1.165) is 11.6 Å². The normalized spacial score (nSPS) is 11.4. The first-order valence-electron chi connectivity index (χ1n) is 10.0. The zero-order valence-corrected chi connectivity index (χ0v) is 18.2. The number of hydrogen-bond donors (Lipinski definition) is 1. The van der Waals surface area contributed by atoms with Gasteiger partial charge in [0.25, 0.3) is 5.91 Å². The Kier molecular flexibility index (Phi) is 5.97. The number of fused-ring (bicyclic) bond motifs is 1. The minimum Gasteiger partial charge on any atom is -0.383 e. The van der Waals surface area contributed by atoms with Crippen LogP contribution in [0.25, 0.3) is 10.9 Å². The maximum absolute atomic E-state index is 13.5. The fourth-order valence-corrected chi connectivity index (χ4v) is 3.21. The van der Waals surface area contributed by atoms with Gasteiger partial charge in [0.1, 0.15) is 5.82 Å². The molecule has 0 atom stereocenters. The summed E-state index contributed by atoms with van der Waals surface area (Å²) in [6.45, 7) is 1.64. The molecular weight excluding hydrogens is 449 g/mol. The van der Waals surface area contributed by atoms with Crippen molar-refractivity contribution < 1.29 is 18.0 Å². The van der Waals surface area contributed by atoms with Gasteiger partial charge in [0.2, 0.25) is 5.95 Å². The van der Waals surface area contributed by atoms with Gasteiger partial charge in [-0.25, -0.2) is 20.0 Å². The van der Waals surface area contributed by atoms with E-state index in [0.29, 0.717) is 22.3 Å². The van der Waals surface area contributed by atoms with Crippen molar-refractivity contribution in [3.05, 3.63) is 77.4 Å². The molecule has 0 fully saturated rings. The molecule has 4 rings (SSSR count). The van der Waals surface area contributed by atoms with Crippen LogP contribution in [0.3, 0.4) is 0 Å². The van der Waals surface area contributed by atoms with Gasteiger partial charge in [-0.1, -0.05) is 0 Å². The number of benzene rings is 1. The number of aryl methyl sites for hydroxylation is 1. The van der Waals surface area contributed by atoms with Gasteiger partial charge in [-0.15, -0.1) is 5.10 Å². The van der Waals surface area contributed by atoms with Gasteiger partial charge in [-0.2, -0.15) is 18.3 Å². The van der Waals surface area contributed by atoms with Crippen molar-refractivity contribution >= 4 is 28.6 Å². The Balaban J connectivity index is 1.70. The Labute approximate surface area is 192 Å². The van der Waals surface area contributed by atoms with E-state index in [9.17, 15) is 18.0 Å². The summed E-state index contributed by atoms with van der Waals surface area (Å²) in [6, 6.07) is 10.4. The molecular formula is C22H19F3N8O. The van der Waals surface area contributed by atoms with Crippen molar-refractivity contribution in [2.45, 2.75) is 19.6 Å². The van der Waals surface area contributed by atoms with E-state index < -0.39 is 17.8 Å². The quantitative estimate of drug-likeness (QED) is 0.443. The van der Waals surface area contributed by atoms with Gasteiger partial charge in [-0.3, -0.25) is 9.80 Å². The standard InChI is InChI=1S/C22H19F3N8O/c1-13-10-15-11-14(4-6-17(15)29-19(13)26)20(34)33(32(2)21-27-8-3-9-28-21)12-16-5-7-18(31-30-16)22(23,24)25/h3-11H,12H2,1-2H3,(H2,26,29). The Hall–Kier alpha value is -4.35. The summed E-state index contributed by atoms with van der Waals surface area (Å²) >= 11 is 0. The number of anilines is 2. The van der Waals surface area contributed by atoms with Gasteiger partial charge >= 0.3 is 6.18 Å². The number of carbonyl (C=O) groups is 1. The van der Waals surface area contributed by atoms with E-state index in [1.807, 2.05) is 13.0 Å². The number of nitrogens with zero attached hydrogens (tertiary/aromatic N) is 7. The van der Waals surface area contributed by atoms with Gasteiger partial charge in [-0.05, 0) is 55.0 Å². The van der Waals surface area contributed by atoms with Crippen LogP contribution in [-0.2, 0) is 12.7 Å². The highest BCUT2D eigenvalue weighted by molar-refractivity contribution is 5.98. The van der Waals surface area contributed by atoms with Crippen LogP contribution in [0.15, 0.2) is 54.9 Å². The minimum absolute atomic E-state index is 0.148. The predicted octanol–water partition coefficient (Wildman–Crippen LogP) is 3.42. The monoisotopic (exact) mass is 468 g/mol. The molecule has 3 heterocycles. The number of hydrazine groups is 1. The lowest BCUT2D eigenvalue weighted by Crippen LogP contribution is -2.45. The van der Waals surface area contributed by atoms with Crippen molar-refractivity contribution in [1.29, 1.82) is 0 Å². The number of hydrogen-bond acceptors (Lipinski definition) is 8. The molecule has 9 nitrogen and oxygen atoms in total. The van der Waals surface area contributed by atoms with Gasteiger partial charge in [0.15, 0.2) is 5.69 Å². The fourth-order valence-electron chi connectivity index (χ4n) is 3.21. The minimum atomic E-state index is -4.61. The summed E-state index contributed by atoms with van der Waals surface area (Å²) in [6.07, 6.45) is -1.60. The van der Waals surface area contributed by atoms with Crippen LogP contribution in [0.5, 0.6) is 0 Å². The topological polar surface area (TPSA) is 114 Å². The zero-order chi connectivity index (χ0) is 24.5. The molecule has 34 heavy (non-hydrogen) atoms. The lowest BCUT2D eigenvalue weighted by molar-refractivity contribution is -0.141. The van der Waals surface area contributed by atoms with Gasteiger partial charge < -0.3 is 5.73 Å². The molecule has 0 radical (unpaired) electrons. The smallest absolute Gasteiger partial charge is 0.383 e. The molecule has 2 N–H and O–H groups in total. The molecule has 0 aliphatic heterocycles. The SMILES string of the molecule is Cc1cc2cc(C(=O)N(Cc3ccc(C(F)(F)F)nn3)N(C)c3ncccn3)ccc2nc1N. The highest BCUT2D eigenvalue weighted by Crippen LogP contribution is 2.27. The van der Waals surface area contributed by atoms with Crippen molar-refractivity contribution in [2.75, 3.05) is 17.8 Å². The average Bonchev–Trinajstić information content (AvgIpc) is 2.82. The number of alkyl halides is 3. The Bertz CT molecular complexity index is 1330. The second-order valence-electron chi connectivity index (χ2n) is 7.44. The number of nitrogen functional groups attached to an aromatic ring is 1. The largest absolute Gasteiger partial charge is 0.435 e. The molecule has 1 aromatic carbocycles. The summed E-state index contributed by atoms with van der Waals surface area (Å²) in [5.41, 5.74) is 6.61. The first kappa shape index (κ1) is 22.8. The predicted molar refractivity (Wildman–Crippen MR) is 118 cm³/mol. The number of rotatable bonds is 5. The molecule has 0 aliphatic carbocycles. The second kappa shape index (κ2) is 8.89. The summed E-state index contributed by atoms with van der Waals surface area (Å²) in [4.78, 5) is 26.1. The highest BCUT2D eigenvalue weighted by Gasteiger charge is 2.33. The van der Waals surface area contributed by atoms with Crippen LogP contribution < -0.4 is 10.7 Å². The average molecular weight is 468 g/mol. The molecule has 0 saturated heterocycles. The third kappa shape index (κ3) is 4.70. The number of carbonyl (C=O) groups excluding carboxylic acids is 1. The summed E-state index contributed by atoms with van der Waals surface area (Å²) in [5.74, 6) is 0.157. The van der Waals surface area contributed by atoms with Crippen LogP contribution in [0.2, 0.25) is 0 Å². The first-order valence-corrected chi connectivity index (χ1v) is 10.0. The fraction of sp³-hybridized carbons (Fsp3) is 0.182. The summed E-state index contributed by atoms with van der Waals surface area (Å²) in [5, 5.41) is 10.3. The van der Waals surface area contributed by atoms with Crippen molar-refractivity contribution in [3.8, 4) is 0 Å². The van der Waals surface area contributed by atoms with E-state index in [1.165, 1.54) is 28.5 Å². The van der Waals surface area contributed by atoms with Crippen molar-refractivity contribution in [1.82, 2.24) is 30.2 Å². The second-order valence-corrected chi connectivity index (χ2v) is 7.44. The lowest BCUT2D eigenvalue weighted by atomic mass is 10.1. The highest BCUT2D eigenvalue weighted by atomic mass is 19.4. The van der Waals surface area contributed by atoms with E-state index in [-0.39, 0.29) is 18.2 Å². The molecule has 0 aliphatic rings. The molecule has 0 spiro atoms. The van der Waals surface area contributed by atoms with Crippen LogP contribution in [-0.4, -0.2) is 43.1 Å². The lowest BCUT2D eigenvalue weighted by Gasteiger charge is -2.31. The van der Waals surface area contributed by atoms with Crippen molar-refractivity contribution in [2.24, 2.45) is 0 Å². The molecule has 3 aromatic heterocycles. The zero-order valence-electron chi connectivity index (χ0n) is 18.2. The van der Waals surface area contributed by atoms with E-state index >= 15 is 0 Å². The van der Waals surface area contributed by atoms with E-state index in [1.54, 1.807) is 31.3 Å². The maximum atomic E-state index is 13.5. The third-order valence-corrected chi connectivity index (χ3v) is 5.05. The summed E-state index contributed by atoms with van der Waals surface area (Å²) in [7, 11) is 1.57. The number of halogens is 3. The summed E-state index contributed by atoms with van der Waals surface area (Å²) < 4.78 is 38.6. The van der Waals surface area contributed by atoms with Crippen molar-refractivity contribution in [3.63, 3.8) is 0 Å². The number of pyridine rings is 1. The Morgan fingerprint density at radius 3 is 2.44 bits per heavy atom. The van der Waals surface area contributed by atoms with E-state index in [4.69, 9.17) is 5.73 Å². The molecule has 0 bridgehead atoms. The third-order valence-electron chi connectivity index (χ3n) is 5.05. The first-order chi connectivity index (χ1) is 16.1. The number of amides is 1. The Morgan fingerprint density at radius 2 is 1.79 bits per heavy atom. The Morgan fingerprint density at radius 1 is 1.06 bits per heavy atom.